The Kier molecular flexibility index (Phi) is 7.52. The fourth-order valence-corrected chi connectivity index (χ4v) is 5.73. The van der Waals surface area contributed by atoms with E-state index in [1.165, 1.54) is 18.2 Å². The summed E-state index contributed by atoms with van der Waals surface area (Å²) >= 11 is 6.29. The molecule has 1 amide bonds. The van der Waals surface area contributed by atoms with E-state index < -0.39 is 39.4 Å². The van der Waals surface area contributed by atoms with Gasteiger partial charge in [0.15, 0.2) is 0 Å². The van der Waals surface area contributed by atoms with Crippen LogP contribution in [-0.2, 0) is 46.6 Å². The number of hydrogen-bond donors (Lipinski definition) is 1. The first-order chi connectivity index (χ1) is 17.7. The molecule has 0 saturated carbocycles. The second kappa shape index (κ2) is 10.2. The summed E-state index contributed by atoms with van der Waals surface area (Å²) < 4.78 is 104. The van der Waals surface area contributed by atoms with Gasteiger partial charge >= 0.3 is 12.4 Å². The lowest BCUT2D eigenvalue weighted by Crippen LogP contribution is -2.36. The van der Waals surface area contributed by atoms with Crippen LogP contribution in [0.5, 0.6) is 0 Å². The number of carbonyl (C=O) groups is 1. The van der Waals surface area contributed by atoms with Crippen LogP contribution < -0.4 is 5.32 Å². The Morgan fingerprint density at radius 3 is 1.97 bits per heavy atom. The van der Waals surface area contributed by atoms with Crippen molar-refractivity contribution >= 4 is 33.2 Å². The van der Waals surface area contributed by atoms with Crippen LogP contribution in [0.15, 0.2) is 65.6 Å². The molecule has 0 atom stereocenters. The lowest BCUT2D eigenvalue weighted by atomic mass is 9.98. The maximum Gasteiger partial charge on any atom is 0.416 e. The molecule has 1 aliphatic heterocycles. The average Bonchev–Trinajstić information content (AvgIpc) is 2.85. The van der Waals surface area contributed by atoms with Gasteiger partial charge < -0.3 is 5.32 Å². The molecule has 202 valence electrons. The Morgan fingerprint density at radius 2 is 1.42 bits per heavy atom. The van der Waals surface area contributed by atoms with Gasteiger partial charge in [-0.25, -0.2) is 8.42 Å². The van der Waals surface area contributed by atoms with Gasteiger partial charge in [-0.3, -0.25) is 4.79 Å². The number of anilines is 1. The number of nitrogens with one attached hydrogen (secondary N) is 1. The van der Waals surface area contributed by atoms with Crippen LogP contribution in [0.25, 0.3) is 0 Å². The van der Waals surface area contributed by atoms with E-state index in [9.17, 15) is 39.6 Å². The van der Waals surface area contributed by atoms with Crippen LogP contribution in [-0.4, -0.2) is 25.2 Å². The van der Waals surface area contributed by atoms with Crippen LogP contribution in [0.3, 0.4) is 0 Å². The van der Waals surface area contributed by atoms with Crippen LogP contribution in [0.2, 0.25) is 5.02 Å². The predicted molar refractivity (Wildman–Crippen MR) is 128 cm³/mol. The van der Waals surface area contributed by atoms with Crippen LogP contribution in [0.1, 0.15) is 27.8 Å². The maximum atomic E-state index is 13.1. The highest BCUT2D eigenvalue weighted by molar-refractivity contribution is 7.89. The van der Waals surface area contributed by atoms with Crippen molar-refractivity contribution in [3.63, 3.8) is 0 Å². The minimum atomic E-state index is -4.60. The second-order valence-corrected chi connectivity index (χ2v) is 10.9. The summed E-state index contributed by atoms with van der Waals surface area (Å²) in [6.07, 6.45) is -9.15. The van der Waals surface area contributed by atoms with Gasteiger partial charge in [0.25, 0.3) is 0 Å². The average molecular weight is 577 g/mol. The number of amides is 1. The van der Waals surface area contributed by atoms with E-state index in [1.54, 1.807) is 6.07 Å². The van der Waals surface area contributed by atoms with Crippen molar-refractivity contribution in [1.82, 2.24) is 4.31 Å². The number of sulfonamides is 1. The van der Waals surface area contributed by atoms with Crippen molar-refractivity contribution in [1.29, 1.82) is 0 Å². The number of rotatable bonds is 5. The molecule has 0 bridgehead atoms. The van der Waals surface area contributed by atoms with Gasteiger partial charge in [-0.1, -0.05) is 29.8 Å². The van der Waals surface area contributed by atoms with Crippen LogP contribution in [0.4, 0.5) is 32.0 Å². The molecule has 1 N–H and O–H groups in total. The van der Waals surface area contributed by atoms with Gasteiger partial charge in [0.2, 0.25) is 15.9 Å². The van der Waals surface area contributed by atoms with Gasteiger partial charge in [-0.15, -0.1) is 0 Å². The Labute approximate surface area is 219 Å². The van der Waals surface area contributed by atoms with Gasteiger partial charge in [-0.05, 0) is 65.6 Å². The second-order valence-electron chi connectivity index (χ2n) is 8.59. The van der Waals surface area contributed by atoms with E-state index in [2.05, 4.69) is 5.32 Å². The predicted octanol–water partition coefficient (Wildman–Crippen LogP) is 6.31. The summed E-state index contributed by atoms with van der Waals surface area (Å²) in [5.74, 6) is -0.528. The fourth-order valence-electron chi connectivity index (χ4n) is 4.09. The van der Waals surface area contributed by atoms with Crippen molar-refractivity contribution < 1.29 is 39.6 Å². The van der Waals surface area contributed by atoms with Crippen molar-refractivity contribution in [2.45, 2.75) is 36.6 Å². The molecule has 1 heterocycles. The molecule has 0 spiro atoms. The highest BCUT2D eigenvalue weighted by Gasteiger charge is 2.33. The molecule has 3 aromatic carbocycles. The Bertz CT molecular complexity index is 1450. The number of benzene rings is 3. The minimum absolute atomic E-state index is 0.0154. The molecule has 0 fully saturated rings. The van der Waals surface area contributed by atoms with E-state index in [0.717, 1.165) is 28.6 Å². The smallest absolute Gasteiger partial charge is 0.324 e. The fraction of sp³-hybridized carbons (Fsp3) is 0.240. The first-order valence-electron chi connectivity index (χ1n) is 11.1. The van der Waals surface area contributed by atoms with Crippen LogP contribution >= 0.6 is 11.6 Å². The van der Waals surface area contributed by atoms with Crippen molar-refractivity contribution in [3.05, 3.63) is 93.5 Å². The van der Waals surface area contributed by atoms with E-state index in [-0.39, 0.29) is 41.5 Å². The van der Waals surface area contributed by atoms with Crippen molar-refractivity contribution in [2.24, 2.45) is 0 Å². The highest BCUT2D eigenvalue weighted by atomic mass is 35.5. The van der Waals surface area contributed by atoms with Crippen LogP contribution in [0, 0.1) is 0 Å². The summed E-state index contributed by atoms with van der Waals surface area (Å²) in [7, 11) is -4.10. The zero-order chi connectivity index (χ0) is 27.9. The van der Waals surface area contributed by atoms with E-state index in [1.807, 2.05) is 0 Å². The molecule has 0 saturated heterocycles. The molecule has 4 rings (SSSR count). The molecule has 13 heteroatoms. The Balaban J connectivity index is 1.50. The summed E-state index contributed by atoms with van der Waals surface area (Å²) in [5.41, 5.74) is -0.0413. The van der Waals surface area contributed by atoms with E-state index >= 15 is 0 Å². The summed E-state index contributed by atoms with van der Waals surface area (Å²) in [6, 6.07) is 10.5. The monoisotopic (exact) mass is 576 g/mol. The molecule has 5 nitrogen and oxygen atoms in total. The lowest BCUT2D eigenvalue weighted by molar-refractivity contribution is -0.138. The van der Waals surface area contributed by atoms with Crippen molar-refractivity contribution in [3.8, 4) is 0 Å². The van der Waals surface area contributed by atoms with Gasteiger partial charge in [0.05, 0.1) is 33.2 Å². The number of carbonyl (C=O) groups excluding carboxylic acids is 1. The quantitative estimate of drug-likeness (QED) is 0.362. The zero-order valence-electron chi connectivity index (χ0n) is 19.3. The van der Waals surface area contributed by atoms with Gasteiger partial charge in [0, 0.05) is 13.1 Å². The van der Waals surface area contributed by atoms with Gasteiger partial charge in [0.1, 0.15) is 0 Å². The zero-order valence-corrected chi connectivity index (χ0v) is 20.9. The molecule has 1 aliphatic rings. The summed E-state index contributed by atoms with van der Waals surface area (Å²) in [6.45, 7) is -0.115. The van der Waals surface area contributed by atoms with Crippen molar-refractivity contribution in [2.75, 3.05) is 11.9 Å². The molecule has 0 aliphatic carbocycles. The molecular weight excluding hydrogens is 558 g/mol. The molecule has 0 aromatic heterocycles. The summed E-state index contributed by atoms with van der Waals surface area (Å²) in [4.78, 5) is 12.3. The van der Waals surface area contributed by atoms with E-state index in [4.69, 9.17) is 11.6 Å². The van der Waals surface area contributed by atoms with E-state index in [0.29, 0.717) is 28.8 Å². The topological polar surface area (TPSA) is 66.5 Å². The Hall–Kier alpha value is -3.09. The normalized spacial score (nSPS) is 14.7. The lowest BCUT2D eigenvalue weighted by Gasteiger charge is -2.30. The SMILES string of the molecule is O=C(Cc1ccc(C(F)(F)F)cc1)Nc1c(Cl)ccc2c1CCN(S(=O)(=O)c1ccc(C(F)(F)F)cc1)C2. The minimum Gasteiger partial charge on any atom is -0.324 e. The molecule has 0 unspecified atom stereocenters. The number of alkyl halides is 6. The molecule has 3 aromatic rings. The highest BCUT2D eigenvalue weighted by Crippen LogP contribution is 2.36. The van der Waals surface area contributed by atoms with Gasteiger partial charge in [-0.2, -0.15) is 30.6 Å². The number of hydrogen-bond acceptors (Lipinski definition) is 3. The Morgan fingerprint density at radius 1 is 0.868 bits per heavy atom. The number of fused-ring (bicyclic) bond motifs is 1. The maximum absolute atomic E-state index is 13.1. The third kappa shape index (κ3) is 5.97. The first kappa shape index (κ1) is 27.9. The molecule has 38 heavy (non-hydrogen) atoms. The largest absolute Gasteiger partial charge is 0.416 e. The third-order valence-corrected chi connectivity index (χ3v) is 8.22. The first-order valence-corrected chi connectivity index (χ1v) is 12.9. The molecule has 0 radical (unpaired) electrons. The number of nitrogens with zero attached hydrogens (tertiary/aromatic N) is 1. The standard InChI is InChI=1S/C25H19ClF6N2O3S/c26-21-10-3-16-14-34(38(36,37)19-8-6-18(7-9-19)25(30,31)32)12-11-20(16)23(21)33-22(35)13-15-1-4-17(5-2-15)24(27,28)29/h1-10H,11-14H2,(H,33,35). The third-order valence-electron chi connectivity index (χ3n) is 6.05. The molecular formula is C25H19ClF6N2O3S. The number of halogens is 7. The summed E-state index contributed by atoms with van der Waals surface area (Å²) in [5, 5.41) is 2.87.